The molecule has 1 aliphatic rings. The Kier molecular flexibility index (Phi) is 4.30. The Labute approximate surface area is 135 Å². The lowest BCUT2D eigenvalue weighted by atomic mass is 9.78. The van der Waals surface area contributed by atoms with Crippen molar-refractivity contribution in [2.45, 2.75) is 37.3 Å². The third kappa shape index (κ3) is 3.51. The molecule has 3 rings (SSSR count). The summed E-state index contributed by atoms with van der Waals surface area (Å²) in [5.74, 6) is -0.462. The zero-order valence-electron chi connectivity index (χ0n) is 12.8. The number of anilines is 1. The third-order valence-electron chi connectivity index (χ3n) is 4.44. The lowest BCUT2D eigenvalue weighted by Crippen LogP contribution is -2.36. The average Bonchev–Trinajstić information content (AvgIpc) is 2.58. The molecule has 1 heterocycles. The van der Waals surface area contributed by atoms with Crippen molar-refractivity contribution in [1.29, 1.82) is 0 Å². The number of hydrogen-bond donors (Lipinski definition) is 3. The minimum atomic E-state index is -1.03. The molecule has 0 aliphatic heterocycles. The highest BCUT2D eigenvalue weighted by molar-refractivity contribution is 5.85. The molecule has 3 N–H and O–H groups in total. The Morgan fingerprint density at radius 1 is 1.09 bits per heavy atom. The van der Waals surface area contributed by atoms with Crippen molar-refractivity contribution in [3.8, 4) is 0 Å². The zero-order chi connectivity index (χ0) is 16.3. The number of aliphatic hydroxyl groups is 1. The fourth-order valence-electron chi connectivity index (χ4n) is 3.12. The molecule has 120 valence electrons. The van der Waals surface area contributed by atoms with Gasteiger partial charge in [-0.2, -0.15) is 0 Å². The van der Waals surface area contributed by atoms with E-state index < -0.39 is 11.6 Å². The van der Waals surface area contributed by atoms with Gasteiger partial charge < -0.3 is 15.5 Å². The fourth-order valence-corrected chi connectivity index (χ4v) is 3.12. The smallest absolute Gasteiger partial charge is 0.354 e. The first-order valence-electron chi connectivity index (χ1n) is 7.82. The summed E-state index contributed by atoms with van der Waals surface area (Å²) in [4.78, 5) is 15.1. The highest BCUT2D eigenvalue weighted by Crippen LogP contribution is 2.37. The maximum absolute atomic E-state index is 11.0. The van der Waals surface area contributed by atoms with Crippen molar-refractivity contribution in [2.75, 3.05) is 5.32 Å². The topological polar surface area (TPSA) is 82.5 Å². The molecule has 1 aromatic heterocycles. The van der Waals surface area contributed by atoms with Crippen LogP contribution in [0.1, 0.15) is 41.7 Å². The van der Waals surface area contributed by atoms with Gasteiger partial charge in [-0.1, -0.05) is 36.4 Å². The minimum absolute atomic E-state index is 0.0339. The third-order valence-corrected chi connectivity index (χ3v) is 4.44. The average molecular weight is 312 g/mol. The van der Waals surface area contributed by atoms with Gasteiger partial charge in [-0.3, -0.25) is 0 Å². The normalized spacial score (nSPS) is 24.1. The summed E-state index contributed by atoms with van der Waals surface area (Å²) in [5, 5.41) is 23.1. The van der Waals surface area contributed by atoms with E-state index in [1.165, 1.54) is 6.07 Å². The van der Waals surface area contributed by atoms with E-state index in [-0.39, 0.29) is 11.7 Å². The van der Waals surface area contributed by atoms with Gasteiger partial charge >= 0.3 is 5.97 Å². The van der Waals surface area contributed by atoms with E-state index in [1.807, 2.05) is 30.3 Å². The van der Waals surface area contributed by atoms with Crippen molar-refractivity contribution < 1.29 is 15.0 Å². The number of benzene rings is 1. The van der Waals surface area contributed by atoms with Crippen LogP contribution in [-0.2, 0) is 5.60 Å². The standard InChI is InChI=1S/C18H20N2O3/c21-17(22)15-7-4-8-16(20-15)19-14-9-11-18(23,12-10-14)13-5-2-1-3-6-13/h1-8,14,23H,9-12H2,(H,19,20)(H,21,22). The molecule has 2 aromatic rings. The van der Waals surface area contributed by atoms with Gasteiger partial charge in [-0.05, 0) is 43.4 Å². The van der Waals surface area contributed by atoms with Gasteiger partial charge in [0.05, 0.1) is 5.60 Å². The lowest BCUT2D eigenvalue weighted by Gasteiger charge is -2.36. The minimum Gasteiger partial charge on any atom is -0.477 e. The first kappa shape index (κ1) is 15.5. The number of hydrogen-bond acceptors (Lipinski definition) is 4. The van der Waals surface area contributed by atoms with Crippen LogP contribution in [-0.4, -0.2) is 27.2 Å². The molecular formula is C18H20N2O3. The quantitative estimate of drug-likeness (QED) is 0.808. The van der Waals surface area contributed by atoms with Crippen LogP contribution in [0.2, 0.25) is 0 Å². The second kappa shape index (κ2) is 6.38. The zero-order valence-corrected chi connectivity index (χ0v) is 12.8. The molecule has 23 heavy (non-hydrogen) atoms. The number of nitrogens with one attached hydrogen (secondary N) is 1. The van der Waals surface area contributed by atoms with Crippen molar-refractivity contribution in [3.63, 3.8) is 0 Å². The van der Waals surface area contributed by atoms with Gasteiger partial charge in [0, 0.05) is 6.04 Å². The Bertz CT molecular complexity index is 680. The Balaban J connectivity index is 1.63. The molecule has 0 radical (unpaired) electrons. The number of rotatable bonds is 4. The summed E-state index contributed by atoms with van der Waals surface area (Å²) in [5.41, 5.74) is 0.228. The number of aromatic carboxylic acids is 1. The Morgan fingerprint density at radius 3 is 2.43 bits per heavy atom. The number of pyridine rings is 1. The van der Waals surface area contributed by atoms with Crippen LogP contribution in [0.25, 0.3) is 0 Å². The van der Waals surface area contributed by atoms with E-state index in [4.69, 9.17) is 5.11 Å². The number of carboxylic acids is 1. The summed E-state index contributed by atoms with van der Waals surface area (Å²) in [6, 6.07) is 14.9. The second-order valence-electron chi connectivity index (χ2n) is 6.03. The van der Waals surface area contributed by atoms with Crippen molar-refractivity contribution in [3.05, 3.63) is 59.8 Å². The number of nitrogens with zero attached hydrogens (tertiary/aromatic N) is 1. The fraction of sp³-hybridized carbons (Fsp3) is 0.333. The summed E-state index contributed by atoms with van der Waals surface area (Å²) < 4.78 is 0. The van der Waals surface area contributed by atoms with Crippen LogP contribution >= 0.6 is 0 Å². The molecule has 1 aromatic carbocycles. The SMILES string of the molecule is O=C(O)c1cccc(NC2CCC(O)(c3ccccc3)CC2)n1. The molecule has 0 unspecified atom stereocenters. The van der Waals surface area contributed by atoms with Gasteiger partial charge in [0.25, 0.3) is 0 Å². The lowest BCUT2D eigenvalue weighted by molar-refractivity contribution is -0.00333. The molecular weight excluding hydrogens is 292 g/mol. The van der Waals surface area contributed by atoms with Crippen LogP contribution in [0, 0.1) is 0 Å². The summed E-state index contributed by atoms with van der Waals surface area (Å²) in [7, 11) is 0. The number of aromatic nitrogens is 1. The number of carbonyl (C=O) groups is 1. The van der Waals surface area contributed by atoms with Crippen LogP contribution in [0.15, 0.2) is 48.5 Å². The highest BCUT2D eigenvalue weighted by atomic mass is 16.4. The van der Waals surface area contributed by atoms with Gasteiger partial charge in [0.2, 0.25) is 0 Å². The van der Waals surface area contributed by atoms with Gasteiger partial charge in [-0.15, -0.1) is 0 Å². The first-order chi connectivity index (χ1) is 11.1. The molecule has 0 saturated heterocycles. The monoisotopic (exact) mass is 312 g/mol. The number of carboxylic acid groups (broad SMARTS) is 1. The van der Waals surface area contributed by atoms with Gasteiger partial charge in [-0.25, -0.2) is 9.78 Å². The summed E-state index contributed by atoms with van der Waals surface area (Å²) >= 11 is 0. The maximum Gasteiger partial charge on any atom is 0.354 e. The predicted molar refractivity (Wildman–Crippen MR) is 87.4 cm³/mol. The molecule has 1 fully saturated rings. The molecule has 0 atom stereocenters. The van der Waals surface area contributed by atoms with Crippen LogP contribution in [0.5, 0.6) is 0 Å². The molecule has 0 amide bonds. The first-order valence-corrected chi connectivity index (χ1v) is 7.82. The van der Waals surface area contributed by atoms with Crippen LogP contribution < -0.4 is 5.32 Å². The summed E-state index contributed by atoms with van der Waals surface area (Å²) in [6.07, 6.45) is 2.97. The molecule has 5 heteroatoms. The largest absolute Gasteiger partial charge is 0.477 e. The highest BCUT2D eigenvalue weighted by Gasteiger charge is 2.34. The van der Waals surface area contributed by atoms with E-state index in [2.05, 4.69) is 10.3 Å². The van der Waals surface area contributed by atoms with Crippen molar-refractivity contribution in [1.82, 2.24) is 4.98 Å². The van der Waals surface area contributed by atoms with E-state index in [0.29, 0.717) is 18.7 Å². The molecule has 5 nitrogen and oxygen atoms in total. The molecule has 1 aliphatic carbocycles. The van der Waals surface area contributed by atoms with E-state index in [9.17, 15) is 9.90 Å². The van der Waals surface area contributed by atoms with Crippen LogP contribution in [0.4, 0.5) is 5.82 Å². The van der Waals surface area contributed by atoms with E-state index >= 15 is 0 Å². The van der Waals surface area contributed by atoms with Crippen molar-refractivity contribution >= 4 is 11.8 Å². The van der Waals surface area contributed by atoms with E-state index in [0.717, 1.165) is 18.4 Å². The predicted octanol–water partition coefficient (Wildman–Crippen LogP) is 3.02. The Hall–Kier alpha value is -2.40. The van der Waals surface area contributed by atoms with Crippen molar-refractivity contribution in [2.24, 2.45) is 0 Å². The molecule has 0 bridgehead atoms. The van der Waals surface area contributed by atoms with Gasteiger partial charge in [0.1, 0.15) is 5.82 Å². The molecule has 1 saturated carbocycles. The summed E-state index contributed by atoms with van der Waals surface area (Å²) in [6.45, 7) is 0. The maximum atomic E-state index is 11.0. The van der Waals surface area contributed by atoms with E-state index in [1.54, 1.807) is 12.1 Å². The second-order valence-corrected chi connectivity index (χ2v) is 6.03. The molecule has 0 spiro atoms. The van der Waals surface area contributed by atoms with Crippen LogP contribution in [0.3, 0.4) is 0 Å². The Morgan fingerprint density at radius 2 is 1.78 bits per heavy atom. The van der Waals surface area contributed by atoms with Gasteiger partial charge in [0.15, 0.2) is 5.69 Å².